The van der Waals surface area contributed by atoms with Crippen molar-refractivity contribution in [2.75, 3.05) is 14.2 Å². The highest BCUT2D eigenvalue weighted by Gasteiger charge is 2.17. The number of methoxy groups -OCH3 is 1. The Balaban J connectivity index is 2.20. The Morgan fingerprint density at radius 1 is 1.19 bits per heavy atom. The number of amides is 2. The molecule has 0 fully saturated rings. The number of nitrogens with one attached hydrogen (secondary N) is 1. The van der Waals surface area contributed by atoms with Crippen molar-refractivity contribution in [3.8, 4) is 5.75 Å². The Morgan fingerprint density at radius 3 is 2.54 bits per heavy atom. The fraction of sp³-hybridized carbons (Fsp3) is 0.118. The number of ether oxygens (including phenoxy) is 1. The van der Waals surface area contributed by atoms with Crippen molar-refractivity contribution in [2.24, 2.45) is 5.10 Å². The van der Waals surface area contributed by atoms with Crippen molar-refractivity contribution in [1.29, 1.82) is 0 Å². The van der Waals surface area contributed by atoms with E-state index in [1.54, 1.807) is 0 Å². The first kappa shape index (κ1) is 19.0. The molecule has 0 atom stereocenters. The van der Waals surface area contributed by atoms with Gasteiger partial charge >= 0.3 is 0 Å². The molecule has 0 heterocycles. The van der Waals surface area contributed by atoms with Crippen LogP contribution in [0.1, 0.15) is 26.3 Å². The minimum atomic E-state index is -0.867. The molecule has 2 aromatic rings. The maximum absolute atomic E-state index is 14.0. The third-order valence-corrected chi connectivity index (χ3v) is 3.43. The topological polar surface area (TPSA) is 91.2 Å². The molecule has 7 nitrogen and oxygen atoms in total. The second-order valence-corrected chi connectivity index (χ2v) is 5.10. The van der Waals surface area contributed by atoms with Crippen molar-refractivity contribution in [3.05, 3.63) is 64.7 Å². The molecule has 2 aromatic carbocycles. The van der Waals surface area contributed by atoms with Crippen LogP contribution in [-0.2, 0) is 0 Å². The van der Waals surface area contributed by atoms with E-state index in [1.165, 1.54) is 43.9 Å². The van der Waals surface area contributed by atoms with Crippen LogP contribution in [0.15, 0.2) is 41.5 Å². The van der Waals surface area contributed by atoms with Crippen molar-refractivity contribution in [2.45, 2.75) is 0 Å². The number of benzene rings is 2. The second-order valence-electron chi connectivity index (χ2n) is 5.10. The summed E-state index contributed by atoms with van der Waals surface area (Å²) < 4.78 is 32.7. The van der Waals surface area contributed by atoms with Crippen LogP contribution in [0.5, 0.6) is 5.75 Å². The van der Waals surface area contributed by atoms with Crippen molar-refractivity contribution >= 4 is 18.0 Å². The number of hydrogen-bond acceptors (Lipinski definition) is 5. The molecule has 0 spiro atoms. The summed E-state index contributed by atoms with van der Waals surface area (Å²) in [7, 11) is 2.66. The number of carbonyl (C=O) groups excluding carboxylic acids is 2. The largest absolute Gasteiger partial charge is 0.497 e. The molecule has 0 saturated heterocycles. The van der Waals surface area contributed by atoms with E-state index in [2.05, 4.69) is 5.10 Å². The lowest BCUT2D eigenvalue weighted by Crippen LogP contribution is -2.22. The van der Waals surface area contributed by atoms with E-state index in [-0.39, 0.29) is 16.7 Å². The number of halogens is 2. The molecule has 2 amide bonds. The van der Waals surface area contributed by atoms with Gasteiger partial charge < -0.3 is 4.74 Å². The predicted octanol–water partition coefficient (Wildman–Crippen LogP) is 2.20. The van der Waals surface area contributed by atoms with E-state index >= 15 is 0 Å². The Morgan fingerprint density at radius 2 is 1.92 bits per heavy atom. The Bertz CT molecular complexity index is 871. The smallest absolute Gasteiger partial charge is 0.276 e. The fourth-order valence-electron chi connectivity index (χ4n) is 2.01. The van der Waals surface area contributed by atoms with E-state index in [9.17, 15) is 18.4 Å². The summed E-state index contributed by atoms with van der Waals surface area (Å²) in [5, 5.41) is 13.1. The number of hydroxylamine groups is 1. The van der Waals surface area contributed by atoms with Gasteiger partial charge in [-0.3, -0.25) is 14.8 Å². The van der Waals surface area contributed by atoms with E-state index in [1.807, 2.05) is 0 Å². The molecular formula is C17H15F2N3O4. The van der Waals surface area contributed by atoms with Crippen LogP contribution in [0.3, 0.4) is 0 Å². The van der Waals surface area contributed by atoms with E-state index in [4.69, 9.17) is 9.94 Å². The molecule has 0 radical (unpaired) electrons. The quantitative estimate of drug-likeness (QED) is 0.484. The molecule has 0 aliphatic carbocycles. The summed E-state index contributed by atoms with van der Waals surface area (Å²) in [6.07, 6.45) is 1.05. The highest BCUT2D eigenvalue weighted by Crippen LogP contribution is 2.18. The first-order valence-corrected chi connectivity index (χ1v) is 7.27. The summed E-state index contributed by atoms with van der Waals surface area (Å²) in [5.74, 6) is -2.86. The number of hydrazone groups is 1. The SMILES string of the molecule is COc1ccc(F)c(C(=O)N(C)N=Cc2ccc(C(=O)NO)cc2F)c1. The minimum absolute atomic E-state index is 0.00902. The fourth-order valence-corrected chi connectivity index (χ4v) is 2.01. The van der Waals surface area contributed by atoms with Gasteiger partial charge in [0.25, 0.3) is 11.8 Å². The third-order valence-electron chi connectivity index (χ3n) is 3.43. The molecule has 0 saturated carbocycles. The van der Waals surface area contributed by atoms with Gasteiger partial charge in [-0.1, -0.05) is 0 Å². The maximum Gasteiger partial charge on any atom is 0.276 e. The summed E-state index contributed by atoms with van der Waals surface area (Å²) in [5.41, 5.74) is 1.04. The van der Waals surface area contributed by atoms with Gasteiger partial charge in [0, 0.05) is 18.2 Å². The first-order valence-electron chi connectivity index (χ1n) is 7.27. The zero-order chi connectivity index (χ0) is 19.3. The van der Waals surface area contributed by atoms with E-state index in [0.717, 1.165) is 23.4 Å². The summed E-state index contributed by atoms with van der Waals surface area (Å²) >= 11 is 0. The maximum atomic E-state index is 14.0. The molecule has 136 valence electrons. The summed E-state index contributed by atoms with van der Waals surface area (Å²) in [6, 6.07) is 7.10. The average molecular weight is 363 g/mol. The molecule has 26 heavy (non-hydrogen) atoms. The van der Waals surface area contributed by atoms with Crippen LogP contribution in [0.2, 0.25) is 0 Å². The molecule has 0 unspecified atom stereocenters. The highest BCUT2D eigenvalue weighted by atomic mass is 19.1. The number of hydrogen-bond donors (Lipinski definition) is 2. The molecule has 0 aliphatic rings. The molecule has 0 aromatic heterocycles. The molecule has 2 N–H and O–H groups in total. The van der Waals surface area contributed by atoms with Crippen LogP contribution in [0.4, 0.5) is 8.78 Å². The summed E-state index contributed by atoms with van der Waals surface area (Å²) in [4.78, 5) is 23.5. The lowest BCUT2D eigenvalue weighted by atomic mass is 10.1. The Hall–Kier alpha value is -3.33. The highest BCUT2D eigenvalue weighted by molar-refractivity contribution is 5.96. The van der Waals surface area contributed by atoms with Gasteiger partial charge in [-0.05, 0) is 36.4 Å². The second kappa shape index (κ2) is 8.17. The predicted molar refractivity (Wildman–Crippen MR) is 88.3 cm³/mol. The zero-order valence-electron chi connectivity index (χ0n) is 13.9. The average Bonchev–Trinajstić information content (AvgIpc) is 2.65. The zero-order valence-corrected chi connectivity index (χ0v) is 13.9. The molecule has 0 aliphatic heterocycles. The first-order chi connectivity index (χ1) is 12.4. The third kappa shape index (κ3) is 4.19. The van der Waals surface area contributed by atoms with Gasteiger partial charge in [-0.25, -0.2) is 19.3 Å². The molecule has 0 bridgehead atoms. The van der Waals surface area contributed by atoms with Gasteiger partial charge in [-0.2, -0.15) is 5.10 Å². The van der Waals surface area contributed by atoms with Gasteiger partial charge in [-0.15, -0.1) is 0 Å². The normalized spacial score (nSPS) is 10.7. The molecule has 9 heteroatoms. The van der Waals surface area contributed by atoms with Gasteiger partial charge in [0.15, 0.2) is 0 Å². The molecular weight excluding hydrogens is 348 g/mol. The lowest BCUT2D eigenvalue weighted by Gasteiger charge is -2.12. The van der Waals surface area contributed by atoms with Gasteiger partial charge in [0.05, 0.1) is 18.9 Å². The van der Waals surface area contributed by atoms with Gasteiger partial charge in [0.1, 0.15) is 17.4 Å². The number of rotatable bonds is 5. The van der Waals surface area contributed by atoms with Crippen LogP contribution in [-0.4, -0.2) is 42.4 Å². The van der Waals surface area contributed by atoms with E-state index < -0.39 is 23.4 Å². The number of carbonyl (C=O) groups is 2. The standard InChI is InChI=1S/C17H15F2N3O4/c1-22(17(24)13-8-12(26-2)5-6-14(13)18)20-9-11-4-3-10(7-15(11)19)16(23)21-25/h3-9,25H,1-2H3,(H,21,23). The van der Waals surface area contributed by atoms with Crippen molar-refractivity contribution in [3.63, 3.8) is 0 Å². The van der Waals surface area contributed by atoms with Gasteiger partial charge in [0.2, 0.25) is 0 Å². The number of nitrogens with zero attached hydrogens (tertiary/aromatic N) is 2. The summed E-state index contributed by atoms with van der Waals surface area (Å²) in [6.45, 7) is 0. The molecule has 2 rings (SSSR count). The lowest BCUT2D eigenvalue weighted by molar-refractivity contribution is 0.0705. The van der Waals surface area contributed by atoms with Crippen LogP contribution in [0.25, 0.3) is 0 Å². The van der Waals surface area contributed by atoms with E-state index in [0.29, 0.717) is 5.75 Å². The van der Waals surface area contributed by atoms with Crippen LogP contribution >= 0.6 is 0 Å². The van der Waals surface area contributed by atoms with Crippen LogP contribution < -0.4 is 10.2 Å². The monoisotopic (exact) mass is 363 g/mol. The minimum Gasteiger partial charge on any atom is -0.497 e. The van der Waals surface area contributed by atoms with Crippen molar-refractivity contribution in [1.82, 2.24) is 10.5 Å². The van der Waals surface area contributed by atoms with Crippen molar-refractivity contribution < 1.29 is 28.3 Å². The Kier molecular flexibility index (Phi) is 5.97. The van der Waals surface area contributed by atoms with Crippen LogP contribution in [0, 0.1) is 11.6 Å². The Labute approximate surface area is 147 Å².